The average Bonchev–Trinajstić information content (AvgIpc) is 2.78. The van der Waals surface area contributed by atoms with Crippen molar-refractivity contribution in [2.24, 2.45) is 11.8 Å². The number of nitrogens with zero attached hydrogens (tertiary/aromatic N) is 2. The molecule has 3 rings (SSSR count). The molecule has 1 saturated carbocycles. The van der Waals surface area contributed by atoms with Crippen LogP contribution in [0.25, 0.3) is 0 Å². The fourth-order valence-corrected chi connectivity index (χ4v) is 5.43. The zero-order valence-electron chi connectivity index (χ0n) is 21.2. The van der Waals surface area contributed by atoms with E-state index in [1.807, 2.05) is 51.0 Å². The summed E-state index contributed by atoms with van der Waals surface area (Å²) in [5.74, 6) is 0.537. The van der Waals surface area contributed by atoms with Crippen LogP contribution in [0.4, 0.5) is 0 Å². The van der Waals surface area contributed by atoms with Gasteiger partial charge in [0.05, 0.1) is 11.6 Å². The van der Waals surface area contributed by atoms with Crippen LogP contribution in [0.2, 0.25) is 0 Å². The molecule has 4 heteroatoms. The van der Waals surface area contributed by atoms with E-state index in [2.05, 4.69) is 51.1 Å². The molecule has 0 aliphatic heterocycles. The van der Waals surface area contributed by atoms with Gasteiger partial charge < -0.3 is 4.74 Å². The number of likely N-dealkylation sites (N-methyl/N-ethyl adjacent to an activating group) is 1. The van der Waals surface area contributed by atoms with Gasteiger partial charge in [0, 0.05) is 5.92 Å². The molecule has 0 radical (unpaired) electrons. The van der Waals surface area contributed by atoms with Gasteiger partial charge in [-0.3, -0.25) is 4.90 Å². The molecule has 0 saturated heterocycles. The number of nitriles is 1. The maximum atomic E-state index is 13.9. The quantitative estimate of drug-likeness (QED) is 0.513. The molecule has 0 bridgehead atoms. The van der Waals surface area contributed by atoms with Crippen molar-refractivity contribution in [2.75, 3.05) is 14.1 Å². The third-order valence-electron chi connectivity index (χ3n) is 7.93. The van der Waals surface area contributed by atoms with Gasteiger partial charge in [-0.25, -0.2) is 4.79 Å². The third-order valence-corrected chi connectivity index (χ3v) is 7.93. The molecule has 33 heavy (non-hydrogen) atoms. The van der Waals surface area contributed by atoms with E-state index in [1.165, 1.54) is 5.56 Å². The van der Waals surface area contributed by atoms with Crippen LogP contribution >= 0.6 is 0 Å². The Kier molecular flexibility index (Phi) is 7.34. The minimum absolute atomic E-state index is 0.106. The Morgan fingerprint density at radius 1 is 1.09 bits per heavy atom. The highest BCUT2D eigenvalue weighted by molar-refractivity contribution is 5.83. The molecule has 1 aliphatic rings. The van der Waals surface area contributed by atoms with Gasteiger partial charge in [-0.1, -0.05) is 63.6 Å². The molecular weight excluding hydrogens is 408 g/mol. The van der Waals surface area contributed by atoms with E-state index < -0.39 is 5.54 Å². The first-order valence-electron chi connectivity index (χ1n) is 12.0. The van der Waals surface area contributed by atoms with Crippen molar-refractivity contribution in [1.82, 2.24) is 4.90 Å². The molecule has 2 aromatic rings. The number of ether oxygens (including phenoxy) is 1. The maximum absolute atomic E-state index is 13.9. The minimum Gasteiger partial charge on any atom is -0.460 e. The summed E-state index contributed by atoms with van der Waals surface area (Å²) in [6.45, 7) is 10.7. The number of hydrogen-bond donors (Lipinski definition) is 0. The van der Waals surface area contributed by atoms with Gasteiger partial charge in [-0.05, 0) is 80.9 Å². The molecule has 0 spiro atoms. The van der Waals surface area contributed by atoms with Crippen LogP contribution in [-0.4, -0.2) is 31.1 Å². The van der Waals surface area contributed by atoms with Gasteiger partial charge in [-0.15, -0.1) is 0 Å². The number of rotatable bonds is 6. The van der Waals surface area contributed by atoms with Gasteiger partial charge in [0.1, 0.15) is 11.6 Å². The number of carbonyl (C=O) groups excluding carboxylic acids is 1. The standard InChI is InChI=1S/C29H38N2O2/c1-20-13-15-25(28(3,4)23-11-9-8-10-12-23)26(17-20)33-27(32)29(5,31(6)7)24-16-14-22(19-30)18-21(24)2/h8-12,14,16,18,20,25-26H,13,15,17H2,1-7H3/t20-,25-,26+,29+/m1/s1. The van der Waals surface area contributed by atoms with Crippen LogP contribution in [-0.2, 0) is 20.5 Å². The largest absolute Gasteiger partial charge is 0.460 e. The number of esters is 1. The van der Waals surface area contributed by atoms with Crippen LogP contribution in [0.1, 0.15) is 69.2 Å². The van der Waals surface area contributed by atoms with Crippen LogP contribution in [0.15, 0.2) is 48.5 Å². The predicted molar refractivity (Wildman–Crippen MR) is 133 cm³/mol. The van der Waals surface area contributed by atoms with E-state index in [0.717, 1.165) is 30.4 Å². The summed E-state index contributed by atoms with van der Waals surface area (Å²) in [7, 11) is 3.82. The predicted octanol–water partition coefficient (Wildman–Crippen LogP) is 5.97. The number of benzene rings is 2. The van der Waals surface area contributed by atoms with Crippen molar-refractivity contribution in [1.29, 1.82) is 5.26 Å². The summed E-state index contributed by atoms with van der Waals surface area (Å²) in [6.07, 6.45) is 2.92. The molecule has 1 fully saturated rings. The van der Waals surface area contributed by atoms with E-state index in [4.69, 9.17) is 4.74 Å². The monoisotopic (exact) mass is 446 g/mol. The Bertz CT molecular complexity index is 1020. The lowest BCUT2D eigenvalue weighted by Crippen LogP contribution is -2.51. The normalized spacial score (nSPS) is 22.9. The Balaban J connectivity index is 1.95. The summed E-state index contributed by atoms with van der Waals surface area (Å²) in [4.78, 5) is 15.8. The molecule has 0 amide bonds. The molecule has 0 unspecified atom stereocenters. The van der Waals surface area contributed by atoms with E-state index in [1.54, 1.807) is 6.07 Å². The SMILES string of the molecule is Cc1cc(C#N)ccc1[C@@](C)(C(=O)O[C@H]1C[C@H](C)CC[C@H]1C(C)(C)c1ccccc1)N(C)C. The number of carbonyl (C=O) groups is 1. The molecule has 1 aliphatic carbocycles. The second kappa shape index (κ2) is 9.69. The van der Waals surface area contributed by atoms with Crippen LogP contribution in [0.3, 0.4) is 0 Å². The van der Waals surface area contributed by atoms with Crippen molar-refractivity contribution < 1.29 is 9.53 Å². The van der Waals surface area contributed by atoms with Gasteiger partial charge in [0.2, 0.25) is 0 Å². The second-order valence-electron chi connectivity index (χ2n) is 10.7. The van der Waals surface area contributed by atoms with Crippen molar-refractivity contribution in [3.63, 3.8) is 0 Å². The zero-order valence-corrected chi connectivity index (χ0v) is 21.2. The highest BCUT2D eigenvalue weighted by atomic mass is 16.5. The third kappa shape index (κ3) is 4.84. The van der Waals surface area contributed by atoms with E-state index >= 15 is 0 Å². The fourth-order valence-electron chi connectivity index (χ4n) is 5.43. The first-order chi connectivity index (χ1) is 15.5. The smallest absolute Gasteiger partial charge is 0.331 e. The van der Waals surface area contributed by atoms with Gasteiger partial charge >= 0.3 is 5.97 Å². The molecule has 0 heterocycles. The minimum atomic E-state index is -0.944. The number of hydrogen-bond acceptors (Lipinski definition) is 4. The van der Waals surface area contributed by atoms with Gasteiger partial charge in [0.15, 0.2) is 0 Å². The van der Waals surface area contributed by atoms with Crippen molar-refractivity contribution >= 4 is 5.97 Å². The van der Waals surface area contributed by atoms with E-state index in [-0.39, 0.29) is 23.4 Å². The molecule has 4 atom stereocenters. The van der Waals surface area contributed by atoms with Crippen LogP contribution in [0, 0.1) is 30.1 Å². The van der Waals surface area contributed by atoms with Crippen LogP contribution < -0.4 is 0 Å². The highest BCUT2D eigenvalue weighted by Crippen LogP contribution is 2.44. The van der Waals surface area contributed by atoms with Gasteiger partial charge in [-0.2, -0.15) is 5.26 Å². The topological polar surface area (TPSA) is 53.3 Å². The fraction of sp³-hybridized carbons (Fsp3) is 0.517. The maximum Gasteiger partial charge on any atom is 0.331 e. The lowest BCUT2D eigenvalue weighted by atomic mass is 9.64. The van der Waals surface area contributed by atoms with Crippen LogP contribution in [0.5, 0.6) is 0 Å². The second-order valence-corrected chi connectivity index (χ2v) is 10.7. The van der Waals surface area contributed by atoms with Gasteiger partial charge in [0.25, 0.3) is 0 Å². The summed E-state index contributed by atoms with van der Waals surface area (Å²) >= 11 is 0. The summed E-state index contributed by atoms with van der Waals surface area (Å²) in [6, 6.07) is 18.3. The first kappa shape index (κ1) is 25.0. The molecule has 2 aromatic carbocycles. The van der Waals surface area contributed by atoms with Crippen molar-refractivity contribution in [3.05, 3.63) is 70.8 Å². The van der Waals surface area contributed by atoms with E-state index in [9.17, 15) is 10.1 Å². The summed E-state index contributed by atoms with van der Waals surface area (Å²) in [5, 5.41) is 9.26. The lowest BCUT2D eigenvalue weighted by Gasteiger charge is -2.45. The molecule has 4 nitrogen and oxygen atoms in total. The molecule has 176 valence electrons. The Labute approximate surface area is 199 Å². The zero-order chi connectivity index (χ0) is 24.4. The first-order valence-corrected chi connectivity index (χ1v) is 12.0. The highest BCUT2D eigenvalue weighted by Gasteiger charge is 2.46. The number of aryl methyl sites for hydroxylation is 1. The van der Waals surface area contributed by atoms with E-state index in [0.29, 0.717) is 11.5 Å². The Morgan fingerprint density at radius 3 is 2.33 bits per heavy atom. The Morgan fingerprint density at radius 2 is 1.76 bits per heavy atom. The molecule has 0 N–H and O–H groups in total. The average molecular weight is 447 g/mol. The summed E-state index contributed by atoms with van der Waals surface area (Å²) < 4.78 is 6.43. The molecular formula is C29H38N2O2. The lowest BCUT2D eigenvalue weighted by molar-refractivity contribution is -0.169. The Hall–Kier alpha value is -2.64. The summed E-state index contributed by atoms with van der Waals surface area (Å²) in [5.41, 5.74) is 2.62. The molecule has 0 aromatic heterocycles. The van der Waals surface area contributed by atoms with Crippen molar-refractivity contribution in [3.8, 4) is 6.07 Å². The van der Waals surface area contributed by atoms with Crippen molar-refractivity contribution in [2.45, 2.75) is 70.9 Å².